The number of benzene rings is 1. The van der Waals surface area contributed by atoms with Crippen LogP contribution >= 0.6 is 0 Å². The highest BCUT2D eigenvalue weighted by molar-refractivity contribution is 5.31. The molecule has 0 heterocycles. The molecule has 0 bridgehead atoms. The lowest BCUT2D eigenvalue weighted by Crippen LogP contribution is -1.82. The molecule has 0 aliphatic rings. The van der Waals surface area contributed by atoms with Crippen LogP contribution in [0.3, 0.4) is 0 Å². The van der Waals surface area contributed by atoms with Gasteiger partial charge in [-0.15, -0.1) is 0 Å². The predicted octanol–water partition coefficient (Wildman–Crippen LogP) is 0.851. The normalized spacial score (nSPS) is 8.80. The van der Waals surface area contributed by atoms with Crippen molar-refractivity contribution in [2.75, 3.05) is 0 Å². The number of nitriles is 1. The first-order valence-electron chi connectivity index (χ1n) is 2.88. The summed E-state index contributed by atoms with van der Waals surface area (Å²) in [6, 6.07) is 9.58. The van der Waals surface area contributed by atoms with E-state index in [1.165, 1.54) is 0 Å². The maximum atomic E-state index is 8.63. The molecule has 0 saturated carbocycles. The Morgan fingerprint density at radius 3 is 3.00 bits per heavy atom. The molecule has 0 spiro atoms. The summed E-state index contributed by atoms with van der Waals surface area (Å²) >= 11 is 0. The lowest BCUT2D eigenvalue weighted by molar-refractivity contribution is 0.282. The zero-order valence-electron chi connectivity index (χ0n) is 5.33. The Balaban J connectivity index is 3.01. The standard InChI is InChI=1S/C8H6NO/c9-5-7-2-1-3-8(4-7)6-10/h2-4,10H,6H2. The molecule has 1 N–H and O–H groups in total. The molecule has 1 rings (SSSR count). The van der Waals surface area contributed by atoms with Gasteiger partial charge in [-0.2, -0.15) is 5.26 Å². The summed E-state index contributed by atoms with van der Waals surface area (Å²) in [7, 11) is 0. The summed E-state index contributed by atoms with van der Waals surface area (Å²) in [5.74, 6) is 0. The summed E-state index contributed by atoms with van der Waals surface area (Å²) in [5, 5.41) is 17.0. The van der Waals surface area contributed by atoms with Crippen molar-refractivity contribution in [1.29, 1.82) is 5.26 Å². The van der Waals surface area contributed by atoms with Gasteiger partial charge in [0, 0.05) is 0 Å². The first-order chi connectivity index (χ1) is 4.86. The Labute approximate surface area is 59.3 Å². The van der Waals surface area contributed by atoms with E-state index in [0.29, 0.717) is 5.56 Å². The topological polar surface area (TPSA) is 44.0 Å². The highest BCUT2D eigenvalue weighted by Gasteiger charge is 1.91. The third-order valence-corrected chi connectivity index (χ3v) is 1.16. The number of rotatable bonds is 1. The third-order valence-electron chi connectivity index (χ3n) is 1.16. The van der Waals surface area contributed by atoms with Gasteiger partial charge in [0.2, 0.25) is 0 Å². The number of hydrogen-bond donors (Lipinski definition) is 1. The minimum Gasteiger partial charge on any atom is -0.392 e. The quantitative estimate of drug-likeness (QED) is 0.615. The van der Waals surface area contributed by atoms with Crippen LogP contribution in [0.2, 0.25) is 0 Å². The maximum Gasteiger partial charge on any atom is 0.0991 e. The SMILES string of the molecule is N#Cc1c[c]cc(CO)c1. The second-order valence-corrected chi connectivity index (χ2v) is 1.90. The number of aliphatic hydroxyl groups is 1. The Hall–Kier alpha value is -1.33. The van der Waals surface area contributed by atoms with E-state index in [9.17, 15) is 0 Å². The molecule has 0 atom stereocenters. The lowest BCUT2D eigenvalue weighted by atomic mass is 10.1. The number of nitrogens with zero attached hydrogens (tertiary/aromatic N) is 1. The lowest BCUT2D eigenvalue weighted by Gasteiger charge is -1.92. The minimum atomic E-state index is -0.0357. The fourth-order valence-electron chi connectivity index (χ4n) is 0.677. The molecule has 0 amide bonds. The molecule has 2 nitrogen and oxygen atoms in total. The van der Waals surface area contributed by atoms with Crippen LogP contribution in [0.4, 0.5) is 0 Å². The first kappa shape index (κ1) is 6.79. The van der Waals surface area contributed by atoms with Crippen LogP contribution in [0.15, 0.2) is 18.2 Å². The van der Waals surface area contributed by atoms with Crippen LogP contribution in [0.25, 0.3) is 0 Å². The zero-order chi connectivity index (χ0) is 7.40. The summed E-state index contributed by atoms with van der Waals surface area (Å²) in [5.41, 5.74) is 1.26. The number of aliphatic hydroxyl groups excluding tert-OH is 1. The zero-order valence-corrected chi connectivity index (χ0v) is 5.33. The Morgan fingerprint density at radius 1 is 1.60 bits per heavy atom. The van der Waals surface area contributed by atoms with Gasteiger partial charge in [0.1, 0.15) is 0 Å². The van der Waals surface area contributed by atoms with Gasteiger partial charge >= 0.3 is 0 Å². The van der Waals surface area contributed by atoms with Gasteiger partial charge in [-0.3, -0.25) is 0 Å². The van der Waals surface area contributed by atoms with Gasteiger partial charge in [-0.1, -0.05) is 0 Å². The molecule has 2 heteroatoms. The van der Waals surface area contributed by atoms with Gasteiger partial charge in [0.25, 0.3) is 0 Å². The van der Waals surface area contributed by atoms with E-state index in [2.05, 4.69) is 6.07 Å². The van der Waals surface area contributed by atoms with Gasteiger partial charge < -0.3 is 5.11 Å². The average Bonchev–Trinajstić information content (AvgIpc) is 2.05. The maximum absolute atomic E-state index is 8.63. The van der Waals surface area contributed by atoms with Crippen LogP contribution in [0.5, 0.6) is 0 Å². The molecule has 1 radical (unpaired) electrons. The summed E-state index contributed by atoms with van der Waals surface area (Å²) in [6.07, 6.45) is 0. The smallest absolute Gasteiger partial charge is 0.0991 e. The summed E-state index contributed by atoms with van der Waals surface area (Å²) in [4.78, 5) is 0. The molecular weight excluding hydrogens is 126 g/mol. The molecule has 0 aliphatic carbocycles. The van der Waals surface area contributed by atoms with E-state index in [-0.39, 0.29) is 6.61 Å². The molecule has 49 valence electrons. The van der Waals surface area contributed by atoms with E-state index in [4.69, 9.17) is 10.4 Å². The van der Waals surface area contributed by atoms with Crippen molar-refractivity contribution in [3.63, 3.8) is 0 Å². The van der Waals surface area contributed by atoms with Crippen LogP contribution in [0.1, 0.15) is 11.1 Å². The Bertz CT molecular complexity index is 262. The average molecular weight is 132 g/mol. The van der Waals surface area contributed by atoms with Gasteiger partial charge in [0.15, 0.2) is 0 Å². The van der Waals surface area contributed by atoms with Crippen molar-refractivity contribution >= 4 is 0 Å². The third kappa shape index (κ3) is 1.34. The van der Waals surface area contributed by atoms with Crippen molar-refractivity contribution in [1.82, 2.24) is 0 Å². The van der Waals surface area contributed by atoms with Gasteiger partial charge in [-0.25, -0.2) is 0 Å². The molecular formula is C8H6NO. The predicted molar refractivity (Wildman–Crippen MR) is 35.9 cm³/mol. The van der Waals surface area contributed by atoms with E-state index >= 15 is 0 Å². The summed E-state index contributed by atoms with van der Waals surface area (Å²) < 4.78 is 0. The largest absolute Gasteiger partial charge is 0.392 e. The Kier molecular flexibility index (Phi) is 2.03. The minimum absolute atomic E-state index is 0.0357. The van der Waals surface area contributed by atoms with Crippen molar-refractivity contribution in [2.45, 2.75) is 6.61 Å². The monoisotopic (exact) mass is 132 g/mol. The van der Waals surface area contributed by atoms with Crippen molar-refractivity contribution in [3.8, 4) is 6.07 Å². The Morgan fingerprint density at radius 2 is 2.40 bits per heavy atom. The van der Waals surface area contributed by atoms with Gasteiger partial charge in [0.05, 0.1) is 18.2 Å². The van der Waals surface area contributed by atoms with Crippen LogP contribution in [0, 0.1) is 17.4 Å². The van der Waals surface area contributed by atoms with E-state index in [0.717, 1.165) is 5.56 Å². The van der Waals surface area contributed by atoms with Crippen molar-refractivity contribution in [3.05, 3.63) is 35.4 Å². The first-order valence-corrected chi connectivity index (χ1v) is 2.88. The van der Waals surface area contributed by atoms with E-state index in [1.54, 1.807) is 18.2 Å². The second kappa shape index (κ2) is 3.00. The molecule has 1 aromatic rings. The number of hydrogen-bond acceptors (Lipinski definition) is 2. The van der Waals surface area contributed by atoms with Gasteiger partial charge in [-0.05, 0) is 29.8 Å². The highest BCUT2D eigenvalue weighted by atomic mass is 16.3. The molecule has 10 heavy (non-hydrogen) atoms. The molecule has 0 unspecified atom stereocenters. The molecule has 0 saturated heterocycles. The van der Waals surface area contributed by atoms with Crippen LogP contribution in [-0.4, -0.2) is 5.11 Å². The molecule has 0 fully saturated rings. The van der Waals surface area contributed by atoms with Crippen LogP contribution < -0.4 is 0 Å². The van der Waals surface area contributed by atoms with Crippen molar-refractivity contribution in [2.24, 2.45) is 0 Å². The van der Waals surface area contributed by atoms with Crippen molar-refractivity contribution < 1.29 is 5.11 Å². The highest BCUT2D eigenvalue weighted by Crippen LogP contribution is 2.02. The van der Waals surface area contributed by atoms with E-state index < -0.39 is 0 Å². The van der Waals surface area contributed by atoms with E-state index in [1.807, 2.05) is 6.07 Å². The van der Waals surface area contributed by atoms with Crippen LogP contribution in [-0.2, 0) is 6.61 Å². The fraction of sp³-hybridized carbons (Fsp3) is 0.125. The molecule has 0 aliphatic heterocycles. The molecule has 0 aromatic heterocycles. The second-order valence-electron chi connectivity index (χ2n) is 1.90. The molecule has 1 aromatic carbocycles. The summed E-state index contributed by atoms with van der Waals surface area (Å²) in [6.45, 7) is -0.0357. The fourth-order valence-corrected chi connectivity index (χ4v) is 0.677.